The van der Waals surface area contributed by atoms with Crippen LogP contribution >= 0.6 is 11.3 Å². The molecule has 0 aliphatic carbocycles. The van der Waals surface area contributed by atoms with E-state index in [1.165, 1.54) is 24.3 Å². The smallest absolute Gasteiger partial charge is 0.0954 e. The van der Waals surface area contributed by atoms with E-state index in [0.717, 1.165) is 18.7 Å². The van der Waals surface area contributed by atoms with E-state index in [1.807, 2.05) is 7.05 Å². The molecular weight excluding hydrogens is 220 g/mol. The Balaban J connectivity index is 1.91. The van der Waals surface area contributed by atoms with E-state index in [-0.39, 0.29) is 0 Å². The van der Waals surface area contributed by atoms with Crippen LogP contribution in [-0.2, 0) is 11.2 Å². The Labute approximate surface area is 101 Å². The van der Waals surface area contributed by atoms with Crippen LogP contribution in [0.3, 0.4) is 0 Å². The zero-order chi connectivity index (χ0) is 11.4. The van der Waals surface area contributed by atoms with Gasteiger partial charge in [0, 0.05) is 24.4 Å². The summed E-state index contributed by atoms with van der Waals surface area (Å²) in [5.74, 6) is 0. The summed E-state index contributed by atoms with van der Waals surface area (Å²) in [6.07, 6.45) is 5.10. The molecule has 2 heterocycles. The second-order valence-electron chi connectivity index (χ2n) is 4.37. The largest absolute Gasteiger partial charge is 0.378 e. The molecule has 0 aromatic carbocycles. The molecule has 90 valence electrons. The first-order valence-electron chi connectivity index (χ1n) is 6.02. The Morgan fingerprint density at radius 1 is 1.62 bits per heavy atom. The van der Waals surface area contributed by atoms with Gasteiger partial charge in [-0.25, -0.2) is 4.98 Å². The number of nitrogens with one attached hydrogen (secondary N) is 1. The number of hydrogen-bond donors (Lipinski definition) is 1. The number of ether oxygens (including phenoxy) is 1. The van der Waals surface area contributed by atoms with E-state index in [4.69, 9.17) is 4.74 Å². The monoisotopic (exact) mass is 240 g/mol. The van der Waals surface area contributed by atoms with Gasteiger partial charge in [-0.15, -0.1) is 11.3 Å². The number of rotatable bonds is 4. The molecule has 3 nitrogen and oxygen atoms in total. The van der Waals surface area contributed by atoms with Crippen molar-refractivity contribution in [2.75, 3.05) is 13.7 Å². The van der Waals surface area contributed by atoms with Crippen molar-refractivity contribution in [2.45, 2.75) is 44.8 Å². The fourth-order valence-corrected chi connectivity index (χ4v) is 2.88. The number of thiazole rings is 1. The van der Waals surface area contributed by atoms with Crippen LogP contribution in [0.2, 0.25) is 0 Å². The highest BCUT2D eigenvalue weighted by atomic mass is 32.1. The maximum Gasteiger partial charge on any atom is 0.0954 e. The van der Waals surface area contributed by atoms with E-state index in [0.29, 0.717) is 12.1 Å². The van der Waals surface area contributed by atoms with Gasteiger partial charge in [-0.1, -0.05) is 0 Å². The summed E-state index contributed by atoms with van der Waals surface area (Å²) in [4.78, 5) is 4.65. The van der Waals surface area contributed by atoms with Gasteiger partial charge in [-0.05, 0) is 33.2 Å². The van der Waals surface area contributed by atoms with Gasteiger partial charge in [0.15, 0.2) is 0 Å². The maximum absolute atomic E-state index is 5.73. The molecule has 16 heavy (non-hydrogen) atoms. The van der Waals surface area contributed by atoms with Gasteiger partial charge in [0.2, 0.25) is 0 Å². The van der Waals surface area contributed by atoms with E-state index in [1.54, 1.807) is 11.3 Å². The minimum atomic E-state index is 0.345. The Bertz CT molecular complexity index is 321. The van der Waals surface area contributed by atoms with Crippen LogP contribution in [0.1, 0.15) is 42.9 Å². The Morgan fingerprint density at radius 2 is 2.50 bits per heavy atom. The summed E-state index contributed by atoms with van der Waals surface area (Å²) in [6.45, 7) is 3.06. The Hall–Kier alpha value is -0.450. The number of nitrogens with zero attached hydrogens (tertiary/aromatic N) is 1. The first kappa shape index (κ1) is 12.0. The van der Waals surface area contributed by atoms with Crippen LogP contribution in [0, 0.1) is 0 Å². The van der Waals surface area contributed by atoms with Crippen molar-refractivity contribution in [3.05, 3.63) is 16.1 Å². The molecule has 1 saturated heterocycles. The third-order valence-corrected chi connectivity index (χ3v) is 4.01. The van der Waals surface area contributed by atoms with Crippen LogP contribution in [-0.4, -0.2) is 24.7 Å². The molecule has 2 unspecified atom stereocenters. The molecular formula is C12H20N2OS. The highest BCUT2D eigenvalue weighted by Crippen LogP contribution is 2.21. The molecule has 1 aromatic rings. The molecule has 0 radical (unpaired) electrons. The van der Waals surface area contributed by atoms with E-state index in [9.17, 15) is 0 Å². The summed E-state index contributed by atoms with van der Waals surface area (Å²) in [6, 6.07) is 0.345. The SMILES string of the molecule is CNC(C)c1csc(CC2CCCCO2)n1. The first-order valence-corrected chi connectivity index (χ1v) is 6.90. The zero-order valence-corrected chi connectivity index (χ0v) is 10.8. The van der Waals surface area contributed by atoms with Crippen LogP contribution < -0.4 is 5.32 Å². The van der Waals surface area contributed by atoms with Gasteiger partial charge in [0.05, 0.1) is 16.8 Å². The first-order chi connectivity index (χ1) is 7.79. The fourth-order valence-electron chi connectivity index (χ4n) is 1.93. The lowest BCUT2D eigenvalue weighted by Gasteiger charge is -2.21. The van der Waals surface area contributed by atoms with Crippen LogP contribution in [0.4, 0.5) is 0 Å². The number of hydrogen-bond acceptors (Lipinski definition) is 4. The molecule has 1 aliphatic heterocycles. The van der Waals surface area contributed by atoms with Crippen LogP contribution in [0.5, 0.6) is 0 Å². The van der Waals surface area contributed by atoms with Gasteiger partial charge in [-0.3, -0.25) is 0 Å². The molecule has 4 heteroatoms. The second kappa shape index (κ2) is 5.75. The third-order valence-electron chi connectivity index (χ3n) is 3.12. The average Bonchev–Trinajstić information content (AvgIpc) is 2.78. The van der Waals surface area contributed by atoms with Crippen LogP contribution in [0.25, 0.3) is 0 Å². The molecule has 2 rings (SSSR count). The zero-order valence-electron chi connectivity index (χ0n) is 10.0. The highest BCUT2D eigenvalue weighted by Gasteiger charge is 2.16. The lowest BCUT2D eigenvalue weighted by atomic mass is 10.1. The van der Waals surface area contributed by atoms with E-state index in [2.05, 4.69) is 22.6 Å². The summed E-state index contributed by atoms with van der Waals surface area (Å²) in [5.41, 5.74) is 1.15. The topological polar surface area (TPSA) is 34.1 Å². The van der Waals surface area contributed by atoms with Gasteiger partial charge in [0.25, 0.3) is 0 Å². The quantitative estimate of drug-likeness (QED) is 0.878. The van der Waals surface area contributed by atoms with Crippen molar-refractivity contribution in [1.82, 2.24) is 10.3 Å². The normalized spacial score (nSPS) is 23.2. The molecule has 0 bridgehead atoms. The van der Waals surface area contributed by atoms with Crippen molar-refractivity contribution < 1.29 is 4.74 Å². The van der Waals surface area contributed by atoms with Gasteiger partial charge in [-0.2, -0.15) is 0 Å². The van der Waals surface area contributed by atoms with E-state index >= 15 is 0 Å². The second-order valence-corrected chi connectivity index (χ2v) is 5.31. The maximum atomic E-state index is 5.73. The predicted molar refractivity (Wildman–Crippen MR) is 66.9 cm³/mol. The Morgan fingerprint density at radius 3 is 3.19 bits per heavy atom. The Kier molecular flexibility index (Phi) is 4.32. The number of aromatic nitrogens is 1. The summed E-state index contributed by atoms with van der Waals surface area (Å²) in [7, 11) is 1.97. The molecule has 0 saturated carbocycles. The molecule has 1 fully saturated rings. The van der Waals surface area contributed by atoms with E-state index < -0.39 is 0 Å². The van der Waals surface area contributed by atoms with Crippen molar-refractivity contribution in [1.29, 1.82) is 0 Å². The molecule has 1 N–H and O–H groups in total. The minimum Gasteiger partial charge on any atom is -0.378 e. The van der Waals surface area contributed by atoms with Crippen molar-refractivity contribution in [3.8, 4) is 0 Å². The predicted octanol–water partition coefficient (Wildman–Crippen LogP) is 2.54. The van der Waals surface area contributed by atoms with Gasteiger partial charge >= 0.3 is 0 Å². The third kappa shape index (κ3) is 3.03. The lowest BCUT2D eigenvalue weighted by molar-refractivity contribution is 0.0167. The average molecular weight is 240 g/mol. The minimum absolute atomic E-state index is 0.345. The van der Waals surface area contributed by atoms with Crippen LogP contribution in [0.15, 0.2) is 5.38 Å². The summed E-state index contributed by atoms with van der Waals surface area (Å²) in [5, 5.41) is 6.58. The standard InChI is InChI=1S/C12H20N2OS/c1-9(13-2)11-8-16-12(14-11)7-10-5-3-4-6-15-10/h8-10,13H,3-7H2,1-2H3. The molecule has 2 atom stereocenters. The fraction of sp³-hybridized carbons (Fsp3) is 0.750. The molecule has 0 amide bonds. The molecule has 1 aromatic heterocycles. The van der Waals surface area contributed by atoms with Gasteiger partial charge in [0.1, 0.15) is 0 Å². The molecule has 0 spiro atoms. The lowest BCUT2D eigenvalue weighted by Crippen LogP contribution is -2.21. The van der Waals surface area contributed by atoms with Crippen molar-refractivity contribution in [3.63, 3.8) is 0 Å². The van der Waals surface area contributed by atoms with Gasteiger partial charge < -0.3 is 10.1 Å². The van der Waals surface area contributed by atoms with Crippen molar-refractivity contribution >= 4 is 11.3 Å². The summed E-state index contributed by atoms with van der Waals surface area (Å²) < 4.78 is 5.73. The highest BCUT2D eigenvalue weighted by molar-refractivity contribution is 7.09. The summed E-state index contributed by atoms with van der Waals surface area (Å²) >= 11 is 1.76. The molecule has 1 aliphatic rings. The van der Waals surface area contributed by atoms with Crippen molar-refractivity contribution in [2.24, 2.45) is 0 Å².